The van der Waals surface area contributed by atoms with Gasteiger partial charge in [-0.25, -0.2) is 4.39 Å². The lowest BCUT2D eigenvalue weighted by Gasteiger charge is -2.17. The molecule has 1 rings (SSSR count). The van der Waals surface area contributed by atoms with Gasteiger partial charge < -0.3 is 5.32 Å². The molecule has 0 aromatic heterocycles. The van der Waals surface area contributed by atoms with Gasteiger partial charge >= 0.3 is 6.18 Å². The molecule has 0 radical (unpaired) electrons. The first-order chi connectivity index (χ1) is 8.23. The van der Waals surface area contributed by atoms with Crippen molar-refractivity contribution >= 4 is 21.6 Å². The van der Waals surface area contributed by atoms with E-state index in [1.165, 1.54) is 13.0 Å². The summed E-state index contributed by atoms with van der Waals surface area (Å²) >= 11 is 3.04. The smallest absolute Gasteiger partial charge is 0.380 e. The van der Waals surface area contributed by atoms with Crippen LogP contribution in [0, 0.1) is 17.1 Å². The molecule has 0 aliphatic rings. The molecule has 0 aliphatic carbocycles. The molecule has 7 heteroatoms. The Morgan fingerprint density at radius 3 is 2.56 bits per heavy atom. The SMILES string of the molecule is CC(CC(F)(F)F)Nc1cc(Br)c(C#N)cc1F. The van der Waals surface area contributed by atoms with Gasteiger partial charge in [0.15, 0.2) is 0 Å². The first-order valence-corrected chi connectivity index (χ1v) is 5.74. The number of alkyl halides is 3. The zero-order valence-corrected chi connectivity index (χ0v) is 10.9. The maximum Gasteiger partial charge on any atom is 0.391 e. The molecule has 0 saturated carbocycles. The standard InChI is InChI=1S/C11H9BrF4N2/c1-6(4-11(14,15)16)18-10-3-8(12)7(5-17)2-9(10)13/h2-3,6,18H,4H2,1H3. The number of nitrogens with zero attached hydrogens (tertiary/aromatic N) is 1. The molecule has 0 saturated heterocycles. The number of nitriles is 1. The lowest BCUT2D eigenvalue weighted by atomic mass is 10.1. The van der Waals surface area contributed by atoms with Crippen LogP contribution in [-0.2, 0) is 0 Å². The summed E-state index contributed by atoms with van der Waals surface area (Å²) < 4.78 is 50.2. The normalized spacial score (nSPS) is 12.9. The van der Waals surface area contributed by atoms with Gasteiger partial charge in [-0.1, -0.05) is 0 Å². The Morgan fingerprint density at radius 2 is 2.06 bits per heavy atom. The minimum atomic E-state index is -4.31. The van der Waals surface area contributed by atoms with Gasteiger partial charge in [-0.15, -0.1) is 0 Å². The number of rotatable bonds is 3. The third kappa shape index (κ3) is 4.18. The van der Waals surface area contributed by atoms with E-state index in [2.05, 4.69) is 21.2 Å². The van der Waals surface area contributed by atoms with E-state index >= 15 is 0 Å². The summed E-state index contributed by atoms with van der Waals surface area (Å²) in [7, 11) is 0. The van der Waals surface area contributed by atoms with Gasteiger partial charge in [0.2, 0.25) is 0 Å². The fourth-order valence-corrected chi connectivity index (χ4v) is 1.84. The molecule has 1 unspecified atom stereocenters. The van der Waals surface area contributed by atoms with Crippen LogP contribution in [0.4, 0.5) is 23.2 Å². The molecular weight excluding hydrogens is 316 g/mol. The van der Waals surface area contributed by atoms with Crippen molar-refractivity contribution in [3.05, 3.63) is 28.0 Å². The highest BCUT2D eigenvalue weighted by Crippen LogP contribution is 2.27. The van der Waals surface area contributed by atoms with E-state index in [9.17, 15) is 17.6 Å². The summed E-state index contributed by atoms with van der Waals surface area (Å²) in [6.07, 6.45) is -5.38. The van der Waals surface area contributed by atoms with Crippen molar-refractivity contribution in [2.24, 2.45) is 0 Å². The van der Waals surface area contributed by atoms with Crippen LogP contribution in [0.25, 0.3) is 0 Å². The highest BCUT2D eigenvalue weighted by molar-refractivity contribution is 9.10. The van der Waals surface area contributed by atoms with Crippen LogP contribution >= 0.6 is 15.9 Å². The van der Waals surface area contributed by atoms with Crippen LogP contribution in [-0.4, -0.2) is 12.2 Å². The average molecular weight is 325 g/mol. The predicted octanol–water partition coefficient (Wildman–Crippen LogP) is 4.21. The third-order valence-electron chi connectivity index (χ3n) is 2.12. The van der Waals surface area contributed by atoms with Crippen molar-refractivity contribution < 1.29 is 17.6 Å². The van der Waals surface area contributed by atoms with Crippen LogP contribution in [0.1, 0.15) is 18.9 Å². The molecule has 1 N–H and O–H groups in total. The summed E-state index contributed by atoms with van der Waals surface area (Å²) in [6.45, 7) is 1.30. The molecular formula is C11H9BrF4N2. The van der Waals surface area contributed by atoms with Crippen LogP contribution in [0.15, 0.2) is 16.6 Å². The first-order valence-electron chi connectivity index (χ1n) is 4.95. The van der Waals surface area contributed by atoms with Gasteiger partial charge in [0.1, 0.15) is 11.9 Å². The van der Waals surface area contributed by atoms with E-state index in [0.29, 0.717) is 4.47 Å². The molecule has 0 fully saturated rings. The van der Waals surface area contributed by atoms with Crippen molar-refractivity contribution in [1.29, 1.82) is 5.26 Å². The number of nitrogens with one attached hydrogen (secondary N) is 1. The van der Waals surface area contributed by atoms with Crippen LogP contribution in [0.3, 0.4) is 0 Å². The summed E-state index contributed by atoms with van der Waals surface area (Å²) in [5.74, 6) is -0.760. The monoisotopic (exact) mass is 324 g/mol. The van der Waals surface area contributed by atoms with E-state index in [1.807, 2.05) is 0 Å². The van der Waals surface area contributed by atoms with E-state index in [1.54, 1.807) is 6.07 Å². The molecule has 1 atom stereocenters. The maximum atomic E-state index is 13.5. The largest absolute Gasteiger partial charge is 0.391 e. The molecule has 1 aromatic carbocycles. The Labute approximate surface area is 110 Å². The van der Waals surface area contributed by atoms with E-state index in [0.717, 1.165) is 6.07 Å². The highest BCUT2D eigenvalue weighted by atomic mass is 79.9. The van der Waals surface area contributed by atoms with E-state index in [-0.39, 0.29) is 11.3 Å². The molecule has 1 aromatic rings. The van der Waals surface area contributed by atoms with Crippen LogP contribution < -0.4 is 5.32 Å². The molecule has 0 heterocycles. The highest BCUT2D eigenvalue weighted by Gasteiger charge is 2.30. The lowest BCUT2D eigenvalue weighted by molar-refractivity contribution is -0.136. The minimum absolute atomic E-state index is 0.0716. The fourth-order valence-electron chi connectivity index (χ4n) is 1.41. The van der Waals surface area contributed by atoms with Gasteiger partial charge in [0.25, 0.3) is 0 Å². The molecule has 0 amide bonds. The number of hydrogen-bond donors (Lipinski definition) is 1. The first kappa shape index (κ1) is 14.8. The van der Waals surface area contributed by atoms with Crippen LogP contribution in [0.5, 0.6) is 0 Å². The van der Waals surface area contributed by atoms with Gasteiger partial charge in [-0.05, 0) is 35.0 Å². The molecule has 0 aliphatic heterocycles. The van der Waals surface area contributed by atoms with Crippen molar-refractivity contribution in [3.63, 3.8) is 0 Å². The lowest BCUT2D eigenvalue weighted by Crippen LogP contribution is -2.24. The van der Waals surface area contributed by atoms with Gasteiger partial charge in [-0.3, -0.25) is 0 Å². The van der Waals surface area contributed by atoms with Crippen molar-refractivity contribution in [2.45, 2.75) is 25.6 Å². The molecule has 0 spiro atoms. The molecule has 2 nitrogen and oxygen atoms in total. The summed E-state index contributed by atoms with van der Waals surface area (Å²) in [4.78, 5) is 0. The molecule has 98 valence electrons. The Bertz CT molecular complexity index is 479. The maximum absolute atomic E-state index is 13.5. The number of anilines is 1. The summed E-state index contributed by atoms with van der Waals surface area (Å²) in [5.41, 5.74) is 0.0131. The number of hydrogen-bond acceptors (Lipinski definition) is 2. The second-order valence-electron chi connectivity index (χ2n) is 3.79. The van der Waals surface area contributed by atoms with E-state index < -0.39 is 24.5 Å². The Balaban J connectivity index is 2.86. The molecule has 18 heavy (non-hydrogen) atoms. The second-order valence-corrected chi connectivity index (χ2v) is 4.64. The van der Waals surface area contributed by atoms with Crippen molar-refractivity contribution in [3.8, 4) is 6.07 Å². The average Bonchev–Trinajstić information content (AvgIpc) is 2.20. The zero-order valence-electron chi connectivity index (χ0n) is 9.28. The Kier molecular flexibility index (Phi) is 4.57. The van der Waals surface area contributed by atoms with Gasteiger partial charge in [0.05, 0.1) is 17.7 Å². The van der Waals surface area contributed by atoms with E-state index in [4.69, 9.17) is 5.26 Å². The minimum Gasteiger partial charge on any atom is -0.380 e. The Hall–Kier alpha value is -1.29. The zero-order chi connectivity index (χ0) is 13.9. The Morgan fingerprint density at radius 1 is 1.44 bits per heavy atom. The topological polar surface area (TPSA) is 35.8 Å². The second kappa shape index (κ2) is 5.57. The number of halogens is 5. The predicted molar refractivity (Wildman–Crippen MR) is 62.6 cm³/mol. The van der Waals surface area contributed by atoms with Gasteiger partial charge in [0, 0.05) is 10.5 Å². The summed E-state index contributed by atoms with van der Waals surface area (Å²) in [6, 6.07) is 3.02. The van der Waals surface area contributed by atoms with Crippen molar-refractivity contribution in [1.82, 2.24) is 0 Å². The summed E-state index contributed by atoms with van der Waals surface area (Å²) in [5, 5.41) is 11.1. The fraction of sp³-hybridized carbons (Fsp3) is 0.364. The number of benzene rings is 1. The van der Waals surface area contributed by atoms with Gasteiger partial charge in [-0.2, -0.15) is 18.4 Å². The molecule has 0 bridgehead atoms. The van der Waals surface area contributed by atoms with Crippen molar-refractivity contribution in [2.75, 3.05) is 5.32 Å². The van der Waals surface area contributed by atoms with Crippen LogP contribution in [0.2, 0.25) is 0 Å². The third-order valence-corrected chi connectivity index (χ3v) is 2.77. The quantitative estimate of drug-likeness (QED) is 0.845.